The average molecular weight is 350 g/mol. The molecule has 1 aromatic rings. The molecule has 25 heavy (non-hydrogen) atoms. The van der Waals surface area contributed by atoms with E-state index in [1.165, 1.54) is 44.6 Å². The summed E-state index contributed by atoms with van der Waals surface area (Å²) in [5.41, 5.74) is 0.544. The van der Waals surface area contributed by atoms with Gasteiger partial charge in [0.25, 0.3) is 0 Å². The van der Waals surface area contributed by atoms with Crippen LogP contribution in [-0.4, -0.2) is 13.2 Å². The number of hydrogen-bond acceptors (Lipinski definition) is 2. The molecular formula is C21H28F2O2. The molecule has 0 unspecified atom stereocenters. The topological polar surface area (TPSA) is 18.5 Å². The minimum absolute atomic E-state index is 0.405. The molecule has 0 spiro atoms. The molecular weight excluding hydrogens is 322 g/mol. The fourth-order valence-electron chi connectivity index (χ4n) is 3.91. The van der Waals surface area contributed by atoms with Crippen molar-refractivity contribution >= 4 is 0 Å². The number of allylic oxidation sites excluding steroid dienone is 2. The summed E-state index contributed by atoms with van der Waals surface area (Å²) in [7, 11) is 0. The molecule has 0 aromatic heterocycles. The van der Waals surface area contributed by atoms with Crippen LogP contribution >= 0.6 is 0 Å². The second kappa shape index (κ2) is 8.91. The van der Waals surface area contributed by atoms with E-state index in [0.29, 0.717) is 30.6 Å². The molecule has 2 nitrogen and oxygen atoms in total. The molecule has 0 amide bonds. The SMILES string of the molecule is CCCC=CC1CCC(C2COC(c3ccc(F)c(F)c3)OC2)CC1. The van der Waals surface area contributed by atoms with Gasteiger partial charge in [0.15, 0.2) is 17.9 Å². The van der Waals surface area contributed by atoms with Gasteiger partial charge in [-0.3, -0.25) is 0 Å². The fraction of sp³-hybridized carbons (Fsp3) is 0.619. The van der Waals surface area contributed by atoms with Crippen molar-refractivity contribution in [2.24, 2.45) is 17.8 Å². The highest BCUT2D eigenvalue weighted by Crippen LogP contribution is 2.37. The van der Waals surface area contributed by atoms with E-state index < -0.39 is 17.9 Å². The van der Waals surface area contributed by atoms with Crippen molar-refractivity contribution in [2.75, 3.05) is 13.2 Å². The summed E-state index contributed by atoms with van der Waals surface area (Å²) < 4.78 is 38.0. The highest BCUT2D eigenvalue weighted by atomic mass is 19.2. The van der Waals surface area contributed by atoms with E-state index in [2.05, 4.69) is 19.1 Å². The first-order valence-electron chi connectivity index (χ1n) is 9.52. The van der Waals surface area contributed by atoms with Crippen molar-refractivity contribution < 1.29 is 18.3 Å². The molecule has 0 atom stereocenters. The van der Waals surface area contributed by atoms with E-state index in [4.69, 9.17) is 9.47 Å². The summed E-state index contributed by atoms with van der Waals surface area (Å²) in [6.07, 6.45) is 11.4. The Morgan fingerprint density at radius 2 is 1.72 bits per heavy atom. The summed E-state index contributed by atoms with van der Waals surface area (Å²) in [5.74, 6) is 0.0652. The first kappa shape index (κ1) is 18.5. The third-order valence-electron chi connectivity index (χ3n) is 5.49. The number of benzene rings is 1. The average Bonchev–Trinajstić information content (AvgIpc) is 2.65. The number of ether oxygens (including phenoxy) is 2. The molecule has 0 N–H and O–H groups in total. The Morgan fingerprint density at radius 1 is 1.00 bits per heavy atom. The predicted molar refractivity (Wildman–Crippen MR) is 94.0 cm³/mol. The van der Waals surface area contributed by atoms with Gasteiger partial charge in [0.2, 0.25) is 0 Å². The first-order valence-corrected chi connectivity index (χ1v) is 9.52. The van der Waals surface area contributed by atoms with Gasteiger partial charge in [0, 0.05) is 11.5 Å². The van der Waals surface area contributed by atoms with Gasteiger partial charge in [-0.1, -0.05) is 31.6 Å². The molecule has 2 aliphatic rings. The lowest BCUT2D eigenvalue weighted by Gasteiger charge is -2.37. The van der Waals surface area contributed by atoms with Crippen LogP contribution in [0.3, 0.4) is 0 Å². The van der Waals surface area contributed by atoms with Gasteiger partial charge in [0.05, 0.1) is 13.2 Å². The van der Waals surface area contributed by atoms with Crippen LogP contribution in [0.2, 0.25) is 0 Å². The van der Waals surface area contributed by atoms with Gasteiger partial charge in [0.1, 0.15) is 0 Å². The molecule has 138 valence electrons. The zero-order valence-electron chi connectivity index (χ0n) is 14.9. The van der Waals surface area contributed by atoms with Crippen LogP contribution in [-0.2, 0) is 9.47 Å². The van der Waals surface area contributed by atoms with E-state index in [9.17, 15) is 8.78 Å². The van der Waals surface area contributed by atoms with Gasteiger partial charge >= 0.3 is 0 Å². The van der Waals surface area contributed by atoms with E-state index in [1.54, 1.807) is 0 Å². The molecule has 4 heteroatoms. The van der Waals surface area contributed by atoms with E-state index in [-0.39, 0.29) is 0 Å². The van der Waals surface area contributed by atoms with Gasteiger partial charge in [-0.05, 0) is 56.1 Å². The maximum atomic E-state index is 13.4. The van der Waals surface area contributed by atoms with Crippen molar-refractivity contribution in [3.8, 4) is 0 Å². The largest absolute Gasteiger partial charge is 0.348 e. The summed E-state index contributed by atoms with van der Waals surface area (Å²) in [6, 6.07) is 3.81. The fourth-order valence-corrected chi connectivity index (χ4v) is 3.91. The van der Waals surface area contributed by atoms with E-state index in [1.807, 2.05) is 0 Å². The smallest absolute Gasteiger partial charge is 0.183 e. The van der Waals surface area contributed by atoms with Crippen LogP contribution in [0.5, 0.6) is 0 Å². The van der Waals surface area contributed by atoms with Crippen LogP contribution < -0.4 is 0 Å². The standard InChI is InChI=1S/C21H28F2O2/c1-2-3-4-5-15-6-8-16(9-7-15)18-13-24-21(25-14-18)17-10-11-19(22)20(23)12-17/h4-5,10-12,15-16,18,21H,2-3,6-9,13-14H2,1H3. The summed E-state index contributed by atoms with van der Waals surface area (Å²) in [5, 5.41) is 0. The van der Waals surface area contributed by atoms with Gasteiger partial charge in [-0.25, -0.2) is 8.78 Å². The Balaban J connectivity index is 1.46. The van der Waals surface area contributed by atoms with Gasteiger partial charge < -0.3 is 9.47 Å². The van der Waals surface area contributed by atoms with Crippen LogP contribution in [0.1, 0.15) is 57.3 Å². The van der Waals surface area contributed by atoms with E-state index in [0.717, 1.165) is 18.1 Å². The monoisotopic (exact) mass is 350 g/mol. The predicted octanol–water partition coefficient (Wildman–Crippen LogP) is 5.79. The second-order valence-corrected chi connectivity index (χ2v) is 7.32. The normalized spacial score (nSPS) is 30.7. The number of hydrogen-bond donors (Lipinski definition) is 0. The van der Waals surface area contributed by atoms with Crippen LogP contribution in [0.15, 0.2) is 30.4 Å². The minimum Gasteiger partial charge on any atom is -0.348 e. The lowest BCUT2D eigenvalue weighted by atomic mass is 9.76. The highest BCUT2D eigenvalue weighted by molar-refractivity contribution is 5.19. The molecule has 2 fully saturated rings. The quantitative estimate of drug-likeness (QED) is 0.626. The number of halogens is 2. The molecule has 0 radical (unpaired) electrons. The number of rotatable bonds is 5. The van der Waals surface area contributed by atoms with Crippen molar-refractivity contribution in [1.29, 1.82) is 0 Å². The highest BCUT2D eigenvalue weighted by Gasteiger charge is 2.32. The Labute approximate surface area is 149 Å². The second-order valence-electron chi connectivity index (χ2n) is 7.32. The molecule has 1 saturated heterocycles. The maximum absolute atomic E-state index is 13.4. The zero-order valence-corrected chi connectivity index (χ0v) is 14.9. The maximum Gasteiger partial charge on any atom is 0.183 e. The summed E-state index contributed by atoms with van der Waals surface area (Å²) in [6.45, 7) is 3.47. The van der Waals surface area contributed by atoms with Crippen LogP contribution in [0.4, 0.5) is 8.78 Å². The summed E-state index contributed by atoms with van der Waals surface area (Å²) in [4.78, 5) is 0. The number of unbranched alkanes of at least 4 members (excludes halogenated alkanes) is 1. The molecule has 1 aliphatic heterocycles. The Bertz CT molecular complexity index is 571. The van der Waals surface area contributed by atoms with Crippen molar-refractivity contribution in [3.63, 3.8) is 0 Å². The molecule has 1 aromatic carbocycles. The molecule has 3 rings (SSSR count). The minimum atomic E-state index is -0.860. The van der Waals surface area contributed by atoms with Crippen LogP contribution in [0, 0.1) is 29.4 Å². The molecule has 0 bridgehead atoms. The third-order valence-corrected chi connectivity index (χ3v) is 5.49. The molecule has 1 saturated carbocycles. The first-order chi connectivity index (χ1) is 12.2. The Hall–Kier alpha value is -1.26. The van der Waals surface area contributed by atoms with Crippen LogP contribution in [0.25, 0.3) is 0 Å². The molecule has 1 heterocycles. The van der Waals surface area contributed by atoms with Crippen molar-refractivity contribution in [3.05, 3.63) is 47.5 Å². The lowest BCUT2D eigenvalue weighted by molar-refractivity contribution is -0.214. The van der Waals surface area contributed by atoms with Gasteiger partial charge in [-0.15, -0.1) is 0 Å². The Morgan fingerprint density at radius 3 is 2.36 bits per heavy atom. The molecule has 1 aliphatic carbocycles. The third kappa shape index (κ3) is 4.89. The Kier molecular flexibility index (Phi) is 6.60. The van der Waals surface area contributed by atoms with Crippen molar-refractivity contribution in [1.82, 2.24) is 0 Å². The van der Waals surface area contributed by atoms with Gasteiger partial charge in [-0.2, -0.15) is 0 Å². The van der Waals surface area contributed by atoms with E-state index >= 15 is 0 Å². The lowest BCUT2D eigenvalue weighted by Crippen LogP contribution is -2.34. The zero-order chi connectivity index (χ0) is 17.6. The van der Waals surface area contributed by atoms with Crippen molar-refractivity contribution in [2.45, 2.75) is 51.7 Å². The summed E-state index contributed by atoms with van der Waals surface area (Å²) >= 11 is 0.